The molecule has 1 heterocycles. The zero-order valence-electron chi connectivity index (χ0n) is 13.6. The Balaban J connectivity index is 1.50. The van der Waals surface area contributed by atoms with Gasteiger partial charge in [-0.1, -0.05) is 50.1 Å². The highest BCUT2D eigenvalue weighted by molar-refractivity contribution is 5.76. The molecule has 2 unspecified atom stereocenters. The summed E-state index contributed by atoms with van der Waals surface area (Å²) in [7, 11) is 0. The number of carbonyl (C=O) groups is 1. The van der Waals surface area contributed by atoms with Crippen molar-refractivity contribution in [3.8, 4) is 11.3 Å². The molecular formula is C19H24N2O2. The van der Waals surface area contributed by atoms with Crippen molar-refractivity contribution in [2.24, 2.45) is 5.92 Å². The van der Waals surface area contributed by atoms with Crippen molar-refractivity contribution in [3.63, 3.8) is 0 Å². The quantitative estimate of drug-likeness (QED) is 0.909. The molecule has 23 heavy (non-hydrogen) atoms. The summed E-state index contributed by atoms with van der Waals surface area (Å²) in [5.41, 5.74) is 1.01. The van der Waals surface area contributed by atoms with Crippen molar-refractivity contribution >= 4 is 5.91 Å². The summed E-state index contributed by atoms with van der Waals surface area (Å²) in [5, 5.41) is 3.17. The number of oxazole rings is 1. The van der Waals surface area contributed by atoms with Crippen LogP contribution in [0.2, 0.25) is 0 Å². The van der Waals surface area contributed by atoms with Gasteiger partial charge in [-0.05, 0) is 18.8 Å². The van der Waals surface area contributed by atoms with E-state index in [4.69, 9.17) is 4.42 Å². The minimum Gasteiger partial charge on any atom is -0.441 e. The van der Waals surface area contributed by atoms with Gasteiger partial charge in [-0.25, -0.2) is 4.98 Å². The number of nitrogens with zero attached hydrogens (tertiary/aromatic N) is 1. The Morgan fingerprint density at radius 2 is 2.04 bits per heavy atom. The van der Waals surface area contributed by atoms with E-state index in [1.54, 1.807) is 6.20 Å². The molecule has 2 atom stereocenters. The summed E-state index contributed by atoms with van der Waals surface area (Å²) < 4.78 is 5.74. The van der Waals surface area contributed by atoms with E-state index in [0.717, 1.165) is 17.7 Å². The molecule has 1 saturated carbocycles. The lowest BCUT2D eigenvalue weighted by Crippen LogP contribution is -2.41. The van der Waals surface area contributed by atoms with Crippen LogP contribution in [-0.2, 0) is 11.2 Å². The van der Waals surface area contributed by atoms with Gasteiger partial charge < -0.3 is 9.73 Å². The van der Waals surface area contributed by atoms with Crippen LogP contribution in [0.25, 0.3) is 11.3 Å². The molecule has 1 aromatic heterocycles. The first-order chi connectivity index (χ1) is 11.2. The summed E-state index contributed by atoms with van der Waals surface area (Å²) in [6.45, 7) is 2.23. The number of rotatable bonds is 5. The Kier molecular flexibility index (Phi) is 5.11. The maximum atomic E-state index is 12.1. The summed E-state index contributed by atoms with van der Waals surface area (Å²) in [6, 6.07) is 10.2. The van der Waals surface area contributed by atoms with Crippen LogP contribution in [0.5, 0.6) is 0 Å². The van der Waals surface area contributed by atoms with Gasteiger partial charge in [-0.15, -0.1) is 0 Å². The number of benzene rings is 1. The van der Waals surface area contributed by atoms with Crippen LogP contribution < -0.4 is 5.32 Å². The molecule has 0 bridgehead atoms. The van der Waals surface area contributed by atoms with E-state index in [1.807, 2.05) is 30.3 Å². The van der Waals surface area contributed by atoms with Crippen molar-refractivity contribution < 1.29 is 9.21 Å². The molecule has 4 heteroatoms. The number of hydrogen-bond donors (Lipinski definition) is 1. The van der Waals surface area contributed by atoms with Gasteiger partial charge in [-0.3, -0.25) is 4.79 Å². The molecule has 0 radical (unpaired) electrons. The second-order valence-electron chi connectivity index (χ2n) is 6.42. The number of aromatic nitrogens is 1. The Hall–Kier alpha value is -2.10. The van der Waals surface area contributed by atoms with Crippen molar-refractivity contribution in [3.05, 3.63) is 42.4 Å². The normalized spacial score (nSPS) is 21.1. The smallest absolute Gasteiger partial charge is 0.220 e. The van der Waals surface area contributed by atoms with Crippen LogP contribution in [0, 0.1) is 5.92 Å². The molecule has 1 aromatic carbocycles. The molecule has 1 N–H and O–H groups in total. The Bertz CT molecular complexity index is 636. The van der Waals surface area contributed by atoms with E-state index in [0.29, 0.717) is 30.7 Å². The summed E-state index contributed by atoms with van der Waals surface area (Å²) in [5.74, 6) is 2.06. The van der Waals surface area contributed by atoms with Gasteiger partial charge in [0.2, 0.25) is 5.91 Å². The van der Waals surface area contributed by atoms with Crippen LogP contribution in [0.3, 0.4) is 0 Å². The molecule has 0 spiro atoms. The molecule has 0 aliphatic heterocycles. The van der Waals surface area contributed by atoms with Gasteiger partial charge in [-0.2, -0.15) is 0 Å². The number of carbonyl (C=O) groups excluding carboxylic acids is 1. The number of hydrogen-bond acceptors (Lipinski definition) is 3. The molecule has 3 rings (SSSR count). The lowest BCUT2D eigenvalue weighted by molar-refractivity contribution is -0.122. The summed E-state index contributed by atoms with van der Waals surface area (Å²) in [4.78, 5) is 16.4. The third-order valence-electron chi connectivity index (χ3n) is 4.64. The predicted octanol–water partition coefficient (Wildman–Crippen LogP) is 3.97. The van der Waals surface area contributed by atoms with Gasteiger partial charge in [0.05, 0.1) is 6.20 Å². The predicted molar refractivity (Wildman–Crippen MR) is 89.8 cm³/mol. The second-order valence-corrected chi connectivity index (χ2v) is 6.42. The maximum absolute atomic E-state index is 12.1. The van der Waals surface area contributed by atoms with Gasteiger partial charge in [0.1, 0.15) is 0 Å². The van der Waals surface area contributed by atoms with E-state index in [2.05, 4.69) is 17.2 Å². The zero-order chi connectivity index (χ0) is 16.1. The Morgan fingerprint density at radius 3 is 2.83 bits per heavy atom. The average Bonchev–Trinajstić information content (AvgIpc) is 3.05. The van der Waals surface area contributed by atoms with Crippen molar-refractivity contribution in [1.82, 2.24) is 10.3 Å². The van der Waals surface area contributed by atoms with E-state index < -0.39 is 0 Å². The Labute approximate surface area is 137 Å². The van der Waals surface area contributed by atoms with Crippen LogP contribution in [0.4, 0.5) is 0 Å². The minimum absolute atomic E-state index is 0.100. The lowest BCUT2D eigenvalue weighted by Gasteiger charge is -2.29. The first-order valence-corrected chi connectivity index (χ1v) is 8.52. The fourth-order valence-electron chi connectivity index (χ4n) is 3.19. The standard InChI is InChI=1S/C19H24N2O2/c1-14-7-5-6-10-16(14)21-18(22)11-12-19-20-13-17(23-19)15-8-3-2-4-9-15/h2-4,8-9,13-14,16H,5-7,10-12H2,1H3,(H,21,22). The molecule has 4 nitrogen and oxygen atoms in total. The largest absolute Gasteiger partial charge is 0.441 e. The van der Waals surface area contributed by atoms with E-state index in [9.17, 15) is 4.79 Å². The molecule has 1 amide bonds. The number of nitrogens with one attached hydrogen (secondary N) is 1. The first kappa shape index (κ1) is 15.8. The maximum Gasteiger partial charge on any atom is 0.220 e. The summed E-state index contributed by atoms with van der Waals surface area (Å²) >= 11 is 0. The fourth-order valence-corrected chi connectivity index (χ4v) is 3.19. The lowest BCUT2D eigenvalue weighted by atomic mass is 9.86. The van der Waals surface area contributed by atoms with E-state index in [1.165, 1.54) is 19.3 Å². The van der Waals surface area contributed by atoms with Crippen molar-refractivity contribution in [2.45, 2.75) is 51.5 Å². The minimum atomic E-state index is 0.100. The second kappa shape index (κ2) is 7.44. The fraction of sp³-hybridized carbons (Fsp3) is 0.474. The van der Waals surface area contributed by atoms with Crippen LogP contribution in [0.1, 0.15) is 44.9 Å². The van der Waals surface area contributed by atoms with Crippen LogP contribution in [-0.4, -0.2) is 16.9 Å². The van der Waals surface area contributed by atoms with Crippen LogP contribution >= 0.6 is 0 Å². The average molecular weight is 312 g/mol. The van der Waals surface area contributed by atoms with Gasteiger partial charge >= 0.3 is 0 Å². The summed E-state index contributed by atoms with van der Waals surface area (Å²) in [6.07, 6.45) is 7.51. The molecule has 2 aromatic rings. The van der Waals surface area contributed by atoms with Crippen molar-refractivity contribution in [1.29, 1.82) is 0 Å². The highest BCUT2D eigenvalue weighted by Gasteiger charge is 2.22. The third-order valence-corrected chi connectivity index (χ3v) is 4.64. The number of amides is 1. The zero-order valence-corrected chi connectivity index (χ0v) is 13.6. The van der Waals surface area contributed by atoms with E-state index >= 15 is 0 Å². The first-order valence-electron chi connectivity index (χ1n) is 8.52. The third kappa shape index (κ3) is 4.21. The molecule has 1 aliphatic rings. The van der Waals surface area contributed by atoms with Gasteiger partial charge in [0, 0.05) is 24.4 Å². The van der Waals surface area contributed by atoms with Gasteiger partial charge in [0.25, 0.3) is 0 Å². The SMILES string of the molecule is CC1CCCCC1NC(=O)CCc1ncc(-c2ccccc2)o1. The van der Waals surface area contributed by atoms with Crippen LogP contribution in [0.15, 0.2) is 40.9 Å². The van der Waals surface area contributed by atoms with Gasteiger partial charge in [0.15, 0.2) is 11.7 Å². The van der Waals surface area contributed by atoms with E-state index in [-0.39, 0.29) is 5.91 Å². The highest BCUT2D eigenvalue weighted by atomic mass is 16.4. The molecule has 1 aliphatic carbocycles. The molecule has 0 saturated heterocycles. The Morgan fingerprint density at radius 1 is 1.26 bits per heavy atom. The molecule has 122 valence electrons. The molecular weight excluding hydrogens is 288 g/mol. The monoisotopic (exact) mass is 312 g/mol. The highest BCUT2D eigenvalue weighted by Crippen LogP contribution is 2.24. The molecule has 1 fully saturated rings. The number of aryl methyl sites for hydroxylation is 1. The van der Waals surface area contributed by atoms with Crippen molar-refractivity contribution in [2.75, 3.05) is 0 Å². The topological polar surface area (TPSA) is 55.1 Å².